The molecule has 0 fully saturated rings. The van der Waals surface area contributed by atoms with Crippen molar-refractivity contribution in [2.45, 2.75) is 24.8 Å². The van der Waals surface area contributed by atoms with Gasteiger partial charge in [0, 0.05) is 21.7 Å². The van der Waals surface area contributed by atoms with Gasteiger partial charge in [-0.25, -0.2) is 4.79 Å². The number of benzene rings is 2. The van der Waals surface area contributed by atoms with E-state index in [2.05, 4.69) is 5.43 Å². The van der Waals surface area contributed by atoms with Gasteiger partial charge in [0.1, 0.15) is 6.04 Å². The number of aliphatic carboxylic acids is 1. The van der Waals surface area contributed by atoms with Gasteiger partial charge in [-0.3, -0.25) is 25.3 Å². The van der Waals surface area contributed by atoms with E-state index in [0.29, 0.717) is 28.2 Å². The normalized spacial score (nSPS) is 18.3. The van der Waals surface area contributed by atoms with Crippen molar-refractivity contribution in [2.24, 2.45) is 0 Å². The maximum atomic E-state index is 11.8. The Morgan fingerprint density at radius 2 is 2.07 bits per heavy atom. The second-order valence-corrected chi connectivity index (χ2v) is 7.16. The number of hydrogen-bond acceptors (Lipinski definition) is 5. The molecule has 2 atom stereocenters. The minimum absolute atomic E-state index is 0.0468. The molecule has 8 nitrogen and oxygen atoms in total. The molecule has 0 saturated heterocycles. The van der Waals surface area contributed by atoms with Gasteiger partial charge in [-0.05, 0) is 36.5 Å². The second kappa shape index (κ2) is 8.04. The lowest BCUT2D eigenvalue weighted by atomic mass is 9.82. The molecular weight excluding hydrogens is 409 g/mol. The average Bonchev–Trinajstić information content (AvgIpc) is 2.63. The highest BCUT2D eigenvalue weighted by molar-refractivity contribution is 6.35. The topological polar surface area (TPSA) is 113 Å². The summed E-state index contributed by atoms with van der Waals surface area (Å²) in [5, 5.41) is 22.8. The lowest BCUT2D eigenvalue weighted by Crippen LogP contribution is -2.53. The van der Waals surface area contributed by atoms with Gasteiger partial charge in [-0.15, -0.1) is 0 Å². The van der Waals surface area contributed by atoms with Crippen LogP contribution in [0.5, 0.6) is 0 Å². The molecule has 3 rings (SSSR count). The van der Waals surface area contributed by atoms with E-state index in [-0.39, 0.29) is 23.6 Å². The Morgan fingerprint density at radius 3 is 2.71 bits per heavy atom. The van der Waals surface area contributed by atoms with Crippen LogP contribution in [-0.2, 0) is 16.0 Å². The number of nitro benzene ring substituents is 1. The van der Waals surface area contributed by atoms with Crippen LogP contribution in [0.4, 0.5) is 11.4 Å². The summed E-state index contributed by atoms with van der Waals surface area (Å²) >= 11 is 12.5. The Balaban J connectivity index is 2.12. The van der Waals surface area contributed by atoms with Crippen LogP contribution in [0.2, 0.25) is 10.0 Å². The molecule has 0 radical (unpaired) electrons. The summed E-state index contributed by atoms with van der Waals surface area (Å²) in [5.74, 6) is -1.57. The Bertz CT molecular complexity index is 953. The third-order valence-electron chi connectivity index (χ3n) is 4.69. The van der Waals surface area contributed by atoms with E-state index in [4.69, 9.17) is 23.2 Å². The average molecular weight is 424 g/mol. The molecule has 10 heteroatoms. The first kappa shape index (κ1) is 19.9. The molecule has 0 spiro atoms. The van der Waals surface area contributed by atoms with Crippen LogP contribution in [0.25, 0.3) is 0 Å². The van der Waals surface area contributed by atoms with Crippen molar-refractivity contribution in [3.8, 4) is 0 Å². The summed E-state index contributed by atoms with van der Waals surface area (Å²) in [4.78, 5) is 33.7. The van der Waals surface area contributed by atoms with Gasteiger partial charge in [-0.1, -0.05) is 41.4 Å². The lowest BCUT2D eigenvalue weighted by Gasteiger charge is -2.39. The predicted molar refractivity (Wildman–Crippen MR) is 104 cm³/mol. The molecule has 2 N–H and O–H groups in total. The van der Waals surface area contributed by atoms with Crippen LogP contribution >= 0.6 is 23.2 Å². The van der Waals surface area contributed by atoms with Gasteiger partial charge < -0.3 is 5.11 Å². The number of hydrazine groups is 1. The van der Waals surface area contributed by atoms with E-state index < -0.39 is 22.9 Å². The molecule has 146 valence electrons. The number of para-hydroxylation sites is 1. The standard InChI is InChI=1S/C18H15Cl2N3O5/c19-12-7-13(20)17-11(5-10-3-1-2-4-14(10)23(27)28)6-16(18(25)26)22(21-9-24)15(17)8-12/h1-4,7-9,11,16H,5-6H2,(H,21,24)(H,25,26)/t11-,16+/m1/s1. The zero-order valence-electron chi connectivity index (χ0n) is 14.3. The highest BCUT2D eigenvalue weighted by Crippen LogP contribution is 2.45. The molecule has 1 aliphatic heterocycles. The Hall–Kier alpha value is -2.84. The van der Waals surface area contributed by atoms with Crippen molar-refractivity contribution < 1.29 is 19.6 Å². The van der Waals surface area contributed by atoms with Crippen LogP contribution in [-0.4, -0.2) is 28.5 Å². The zero-order valence-corrected chi connectivity index (χ0v) is 15.9. The first-order valence-corrected chi connectivity index (χ1v) is 9.02. The lowest BCUT2D eigenvalue weighted by molar-refractivity contribution is -0.385. The number of nitro groups is 1. The first-order chi connectivity index (χ1) is 13.3. The fourth-order valence-electron chi connectivity index (χ4n) is 3.58. The van der Waals surface area contributed by atoms with Crippen LogP contribution in [0.3, 0.4) is 0 Å². The smallest absolute Gasteiger partial charge is 0.328 e. The number of rotatable bonds is 6. The Labute approximate surface area is 169 Å². The van der Waals surface area contributed by atoms with Gasteiger partial charge in [0.25, 0.3) is 5.69 Å². The van der Waals surface area contributed by atoms with Crippen LogP contribution in [0.1, 0.15) is 23.5 Å². The number of hydrogen-bond donors (Lipinski definition) is 2. The number of amides is 1. The van der Waals surface area contributed by atoms with E-state index in [1.54, 1.807) is 18.2 Å². The number of carbonyl (C=O) groups excluding carboxylic acids is 1. The first-order valence-electron chi connectivity index (χ1n) is 8.26. The van der Waals surface area contributed by atoms with Gasteiger partial charge in [0.2, 0.25) is 6.41 Å². The van der Waals surface area contributed by atoms with E-state index >= 15 is 0 Å². The molecule has 0 aromatic heterocycles. The molecular formula is C18H15Cl2N3O5. The van der Waals surface area contributed by atoms with Crippen molar-refractivity contribution in [3.05, 3.63) is 67.7 Å². The second-order valence-electron chi connectivity index (χ2n) is 6.31. The fraction of sp³-hybridized carbons (Fsp3) is 0.222. The maximum absolute atomic E-state index is 11.8. The SMILES string of the molecule is O=CNN1c2cc(Cl)cc(Cl)c2[C@H](Cc2ccccc2[N+](=O)[O-])C[C@H]1C(=O)O. The largest absolute Gasteiger partial charge is 0.480 e. The molecule has 2 aromatic carbocycles. The third kappa shape index (κ3) is 3.74. The van der Waals surface area contributed by atoms with Crippen LogP contribution in [0, 0.1) is 10.1 Å². The number of carboxylic acid groups (broad SMARTS) is 1. The number of halogens is 2. The van der Waals surface area contributed by atoms with Crippen molar-refractivity contribution in [1.82, 2.24) is 5.43 Å². The minimum atomic E-state index is -1.15. The molecule has 1 amide bonds. The van der Waals surface area contributed by atoms with E-state index in [1.807, 2.05) is 0 Å². The number of nitrogens with one attached hydrogen (secondary N) is 1. The molecule has 0 aliphatic carbocycles. The number of nitrogens with zero attached hydrogens (tertiary/aromatic N) is 2. The van der Waals surface area contributed by atoms with Crippen LogP contribution in [0.15, 0.2) is 36.4 Å². The van der Waals surface area contributed by atoms with Crippen molar-refractivity contribution in [3.63, 3.8) is 0 Å². The molecule has 2 aromatic rings. The summed E-state index contributed by atoms with van der Waals surface area (Å²) in [7, 11) is 0. The summed E-state index contributed by atoms with van der Waals surface area (Å²) in [6.45, 7) is 0. The zero-order chi connectivity index (χ0) is 20.4. The van der Waals surface area contributed by atoms with Gasteiger partial charge in [0.15, 0.2) is 0 Å². The molecule has 28 heavy (non-hydrogen) atoms. The number of fused-ring (bicyclic) bond motifs is 1. The van der Waals surface area contributed by atoms with E-state index in [9.17, 15) is 24.8 Å². The molecule has 0 bridgehead atoms. The number of carbonyl (C=O) groups is 2. The van der Waals surface area contributed by atoms with E-state index in [1.165, 1.54) is 23.2 Å². The molecule has 0 unspecified atom stereocenters. The summed E-state index contributed by atoms with van der Waals surface area (Å²) in [6.07, 6.45) is 0.678. The highest BCUT2D eigenvalue weighted by atomic mass is 35.5. The Kier molecular flexibility index (Phi) is 5.71. The summed E-state index contributed by atoms with van der Waals surface area (Å²) in [6, 6.07) is 8.24. The summed E-state index contributed by atoms with van der Waals surface area (Å²) < 4.78 is 0. The quantitative estimate of drug-likeness (QED) is 0.417. The molecule has 0 saturated carbocycles. The third-order valence-corrected chi connectivity index (χ3v) is 5.22. The monoisotopic (exact) mass is 423 g/mol. The summed E-state index contributed by atoms with van der Waals surface area (Å²) in [5.41, 5.74) is 3.74. The number of carboxylic acids is 1. The van der Waals surface area contributed by atoms with Gasteiger partial charge in [-0.2, -0.15) is 0 Å². The fourth-order valence-corrected chi connectivity index (χ4v) is 4.21. The molecule has 1 heterocycles. The minimum Gasteiger partial charge on any atom is -0.480 e. The van der Waals surface area contributed by atoms with Gasteiger partial charge in [0.05, 0.1) is 10.6 Å². The van der Waals surface area contributed by atoms with Gasteiger partial charge >= 0.3 is 5.97 Å². The van der Waals surface area contributed by atoms with Crippen LogP contribution < -0.4 is 10.4 Å². The van der Waals surface area contributed by atoms with Crippen molar-refractivity contribution in [2.75, 3.05) is 5.01 Å². The highest BCUT2D eigenvalue weighted by Gasteiger charge is 2.39. The maximum Gasteiger partial charge on any atom is 0.328 e. The Morgan fingerprint density at radius 1 is 1.36 bits per heavy atom. The van der Waals surface area contributed by atoms with E-state index in [0.717, 1.165) is 0 Å². The molecule has 1 aliphatic rings. The van der Waals surface area contributed by atoms with Crippen molar-refractivity contribution in [1.29, 1.82) is 0 Å². The number of anilines is 1. The van der Waals surface area contributed by atoms with Crippen molar-refractivity contribution >= 4 is 47.0 Å². The predicted octanol–water partition coefficient (Wildman–Crippen LogP) is 3.55.